The Hall–Kier alpha value is -3.73. The molecule has 0 bridgehead atoms. The highest BCUT2D eigenvalue weighted by Crippen LogP contribution is 2.19. The average Bonchev–Trinajstić information content (AvgIpc) is 2.73. The third kappa shape index (κ3) is 5.62. The number of amides is 2. The van der Waals surface area contributed by atoms with Gasteiger partial charge in [0.05, 0.1) is 6.54 Å². The van der Waals surface area contributed by atoms with Gasteiger partial charge in [-0.2, -0.15) is 0 Å². The highest BCUT2D eigenvalue weighted by molar-refractivity contribution is 6.09. The Balaban J connectivity index is 1.73. The molecule has 5 nitrogen and oxygen atoms in total. The number of Topliss-reactive ketones (excluding diaryl/α,β-unsaturated/α-hetero) is 1. The molecular weight excluding hydrogens is 364 g/mol. The van der Waals surface area contributed by atoms with Crippen molar-refractivity contribution in [1.29, 1.82) is 0 Å². The van der Waals surface area contributed by atoms with Crippen molar-refractivity contribution in [2.45, 2.75) is 19.9 Å². The summed E-state index contributed by atoms with van der Waals surface area (Å²) in [6, 6.07) is 25.6. The molecule has 146 valence electrons. The van der Waals surface area contributed by atoms with E-state index < -0.39 is 5.91 Å². The van der Waals surface area contributed by atoms with Gasteiger partial charge in [-0.15, -0.1) is 0 Å². The van der Waals surface area contributed by atoms with Gasteiger partial charge >= 0.3 is 0 Å². The first-order valence-electron chi connectivity index (χ1n) is 9.33. The molecular formula is C24H22N2O3. The molecule has 0 aromatic heterocycles. The Morgan fingerprint density at radius 1 is 0.828 bits per heavy atom. The largest absolute Gasteiger partial charge is 0.326 e. The first kappa shape index (κ1) is 20.0. The number of carbonyl (C=O) groups is 3. The van der Waals surface area contributed by atoms with Gasteiger partial charge in [0, 0.05) is 16.9 Å². The van der Waals surface area contributed by atoms with E-state index in [4.69, 9.17) is 0 Å². The summed E-state index contributed by atoms with van der Waals surface area (Å²) in [6.07, 6.45) is -0.300. The summed E-state index contributed by atoms with van der Waals surface area (Å²) in [6.45, 7) is 1.84. The van der Waals surface area contributed by atoms with Gasteiger partial charge in [0.25, 0.3) is 0 Å². The van der Waals surface area contributed by atoms with Crippen LogP contribution in [-0.2, 0) is 16.1 Å². The summed E-state index contributed by atoms with van der Waals surface area (Å²) in [5.74, 6) is -0.819. The molecule has 0 spiro atoms. The van der Waals surface area contributed by atoms with Crippen LogP contribution >= 0.6 is 0 Å². The quantitative estimate of drug-likeness (QED) is 0.482. The molecule has 0 unspecified atom stereocenters. The summed E-state index contributed by atoms with van der Waals surface area (Å²) in [7, 11) is 0. The Bertz CT molecular complexity index is 1000. The van der Waals surface area contributed by atoms with Crippen LogP contribution in [-0.4, -0.2) is 17.6 Å². The van der Waals surface area contributed by atoms with Gasteiger partial charge < -0.3 is 10.2 Å². The predicted molar refractivity (Wildman–Crippen MR) is 114 cm³/mol. The van der Waals surface area contributed by atoms with E-state index in [1.807, 2.05) is 60.7 Å². The van der Waals surface area contributed by atoms with Gasteiger partial charge in [-0.3, -0.25) is 14.4 Å². The van der Waals surface area contributed by atoms with E-state index in [2.05, 4.69) is 5.32 Å². The van der Waals surface area contributed by atoms with Crippen molar-refractivity contribution >= 4 is 29.0 Å². The second kappa shape index (κ2) is 9.46. The van der Waals surface area contributed by atoms with E-state index in [1.165, 1.54) is 6.92 Å². The number of nitrogens with zero attached hydrogens (tertiary/aromatic N) is 1. The van der Waals surface area contributed by atoms with Crippen LogP contribution in [0.15, 0.2) is 84.9 Å². The molecule has 3 aromatic carbocycles. The number of hydrogen-bond donors (Lipinski definition) is 1. The molecule has 1 N–H and O–H groups in total. The van der Waals surface area contributed by atoms with Gasteiger partial charge in [0.2, 0.25) is 11.8 Å². The van der Waals surface area contributed by atoms with Crippen LogP contribution in [0.25, 0.3) is 0 Å². The van der Waals surface area contributed by atoms with Crippen molar-refractivity contribution < 1.29 is 14.4 Å². The smallest absolute Gasteiger partial charge is 0.236 e. The van der Waals surface area contributed by atoms with Crippen LogP contribution in [0.5, 0.6) is 0 Å². The molecule has 0 fully saturated rings. The number of carbonyl (C=O) groups excluding carboxylic acids is 3. The summed E-state index contributed by atoms with van der Waals surface area (Å²) in [4.78, 5) is 38.5. The molecule has 0 saturated heterocycles. The second-order valence-electron chi connectivity index (χ2n) is 6.66. The van der Waals surface area contributed by atoms with Gasteiger partial charge in [-0.05, 0) is 36.8 Å². The maximum atomic E-state index is 12.9. The summed E-state index contributed by atoms with van der Waals surface area (Å²) >= 11 is 0. The molecule has 5 heteroatoms. The molecule has 0 aliphatic carbocycles. The fourth-order valence-corrected chi connectivity index (χ4v) is 2.95. The van der Waals surface area contributed by atoms with Crippen molar-refractivity contribution in [2.24, 2.45) is 0 Å². The maximum Gasteiger partial charge on any atom is 0.236 e. The lowest BCUT2D eigenvalue weighted by Gasteiger charge is -2.23. The van der Waals surface area contributed by atoms with Gasteiger partial charge in [0.1, 0.15) is 6.42 Å². The van der Waals surface area contributed by atoms with Crippen LogP contribution in [0.1, 0.15) is 29.3 Å². The molecule has 2 amide bonds. The number of ketones is 1. The lowest BCUT2D eigenvalue weighted by molar-refractivity contribution is -0.125. The first-order chi connectivity index (χ1) is 14.0. The number of benzene rings is 3. The molecule has 0 heterocycles. The topological polar surface area (TPSA) is 66.5 Å². The second-order valence-corrected chi connectivity index (χ2v) is 6.66. The number of anilines is 2. The van der Waals surface area contributed by atoms with Crippen LogP contribution in [0, 0.1) is 0 Å². The molecule has 0 atom stereocenters. The van der Waals surface area contributed by atoms with Crippen molar-refractivity contribution in [3.05, 3.63) is 96.1 Å². The molecule has 3 rings (SSSR count). The van der Waals surface area contributed by atoms with Crippen LogP contribution in [0.4, 0.5) is 11.4 Å². The van der Waals surface area contributed by atoms with Crippen LogP contribution in [0.2, 0.25) is 0 Å². The van der Waals surface area contributed by atoms with E-state index in [9.17, 15) is 14.4 Å². The number of nitrogens with one attached hydrogen (secondary N) is 1. The average molecular weight is 386 g/mol. The summed E-state index contributed by atoms with van der Waals surface area (Å²) < 4.78 is 0. The molecule has 0 aliphatic rings. The molecule has 0 radical (unpaired) electrons. The Morgan fingerprint density at radius 3 is 2.14 bits per heavy atom. The van der Waals surface area contributed by atoms with Gasteiger partial charge in [-0.25, -0.2) is 0 Å². The monoisotopic (exact) mass is 386 g/mol. The van der Waals surface area contributed by atoms with Crippen LogP contribution in [0.3, 0.4) is 0 Å². The van der Waals surface area contributed by atoms with Crippen molar-refractivity contribution in [3.8, 4) is 0 Å². The minimum atomic E-state index is -0.426. The predicted octanol–water partition coefficient (Wildman–Crippen LogP) is 4.45. The van der Waals surface area contributed by atoms with Gasteiger partial charge in [0.15, 0.2) is 5.78 Å². The summed E-state index contributed by atoms with van der Waals surface area (Å²) in [5, 5.41) is 2.70. The third-order valence-electron chi connectivity index (χ3n) is 4.42. The highest BCUT2D eigenvalue weighted by Gasteiger charge is 2.19. The van der Waals surface area contributed by atoms with E-state index >= 15 is 0 Å². The molecule has 3 aromatic rings. The molecule has 0 aliphatic heterocycles. The van der Waals surface area contributed by atoms with E-state index in [0.717, 1.165) is 11.3 Å². The standard InChI is InChI=1S/C24H22N2O3/c1-18(27)20-11-8-12-21(15-20)25-23(28)16-24(29)26(22-13-6-3-7-14-22)17-19-9-4-2-5-10-19/h2-15H,16-17H2,1H3,(H,25,28). The number of para-hydroxylation sites is 1. The lowest BCUT2D eigenvalue weighted by atomic mass is 10.1. The van der Waals surface area contributed by atoms with E-state index in [1.54, 1.807) is 29.2 Å². The van der Waals surface area contributed by atoms with Crippen molar-refractivity contribution in [2.75, 3.05) is 10.2 Å². The summed E-state index contributed by atoms with van der Waals surface area (Å²) in [5.41, 5.74) is 2.70. The zero-order valence-electron chi connectivity index (χ0n) is 16.2. The highest BCUT2D eigenvalue weighted by atomic mass is 16.2. The SMILES string of the molecule is CC(=O)c1cccc(NC(=O)CC(=O)N(Cc2ccccc2)c2ccccc2)c1. The minimum absolute atomic E-state index is 0.0877. The number of rotatable bonds is 7. The Kier molecular flexibility index (Phi) is 6.53. The molecule has 29 heavy (non-hydrogen) atoms. The minimum Gasteiger partial charge on any atom is -0.326 e. The normalized spacial score (nSPS) is 10.2. The fraction of sp³-hybridized carbons (Fsp3) is 0.125. The van der Waals surface area contributed by atoms with Crippen molar-refractivity contribution in [1.82, 2.24) is 0 Å². The van der Waals surface area contributed by atoms with E-state index in [0.29, 0.717) is 17.8 Å². The molecule has 0 saturated carbocycles. The lowest BCUT2D eigenvalue weighted by Crippen LogP contribution is -2.33. The third-order valence-corrected chi connectivity index (χ3v) is 4.42. The van der Waals surface area contributed by atoms with Gasteiger partial charge in [-0.1, -0.05) is 60.7 Å². The Labute approximate surface area is 170 Å². The maximum absolute atomic E-state index is 12.9. The Morgan fingerprint density at radius 2 is 1.48 bits per heavy atom. The number of hydrogen-bond acceptors (Lipinski definition) is 3. The first-order valence-corrected chi connectivity index (χ1v) is 9.33. The zero-order valence-corrected chi connectivity index (χ0v) is 16.2. The van der Waals surface area contributed by atoms with Crippen molar-refractivity contribution in [3.63, 3.8) is 0 Å². The van der Waals surface area contributed by atoms with E-state index in [-0.39, 0.29) is 18.1 Å². The zero-order chi connectivity index (χ0) is 20.6. The van der Waals surface area contributed by atoms with Crippen LogP contribution < -0.4 is 10.2 Å². The fourth-order valence-electron chi connectivity index (χ4n) is 2.95.